The van der Waals surface area contributed by atoms with E-state index in [-0.39, 0.29) is 5.56 Å². The molecule has 0 saturated carbocycles. The Hall–Kier alpha value is -1.07. The number of halogens is 3. The second kappa shape index (κ2) is 10.0. The van der Waals surface area contributed by atoms with Crippen molar-refractivity contribution in [1.29, 1.82) is 0 Å². The van der Waals surface area contributed by atoms with Crippen LogP contribution in [0.1, 0.15) is 70.3 Å². The number of hydrogen-bond acceptors (Lipinski definition) is 2. The molecule has 0 radical (unpaired) electrons. The molecule has 0 spiro atoms. The zero-order chi connectivity index (χ0) is 18.2. The first-order valence-corrected chi connectivity index (χ1v) is 8.64. The highest BCUT2D eigenvalue weighted by atomic mass is 19.1. The van der Waals surface area contributed by atoms with Gasteiger partial charge < -0.3 is 9.47 Å². The SMILES string of the molecule is CCCCCCCCC(c1c(F)cc(F)cc1F)C(C)(OC)OC. The number of ether oxygens (including phenoxy) is 2. The van der Waals surface area contributed by atoms with E-state index < -0.39 is 29.2 Å². The molecule has 24 heavy (non-hydrogen) atoms. The van der Waals surface area contributed by atoms with Gasteiger partial charge in [0.25, 0.3) is 0 Å². The van der Waals surface area contributed by atoms with Crippen LogP contribution >= 0.6 is 0 Å². The van der Waals surface area contributed by atoms with Crippen molar-refractivity contribution in [2.75, 3.05) is 14.2 Å². The number of rotatable bonds is 11. The van der Waals surface area contributed by atoms with E-state index in [9.17, 15) is 13.2 Å². The molecular weight excluding hydrogens is 317 g/mol. The Morgan fingerprint density at radius 2 is 1.42 bits per heavy atom. The first kappa shape index (κ1) is 21.0. The Balaban J connectivity index is 2.95. The molecule has 1 rings (SSSR count). The Morgan fingerprint density at radius 1 is 0.917 bits per heavy atom. The predicted octanol–water partition coefficient (Wildman–Crippen LogP) is 5.95. The lowest BCUT2D eigenvalue weighted by Gasteiger charge is -2.36. The summed E-state index contributed by atoms with van der Waals surface area (Å²) in [6.07, 6.45) is 6.89. The quantitative estimate of drug-likeness (QED) is 0.364. The minimum Gasteiger partial charge on any atom is -0.353 e. The van der Waals surface area contributed by atoms with Gasteiger partial charge in [-0.1, -0.05) is 45.4 Å². The zero-order valence-electron chi connectivity index (χ0n) is 15.1. The maximum Gasteiger partial charge on any atom is 0.171 e. The first-order chi connectivity index (χ1) is 11.4. The Morgan fingerprint density at radius 3 is 1.92 bits per heavy atom. The van der Waals surface area contributed by atoms with Gasteiger partial charge in [-0.3, -0.25) is 0 Å². The van der Waals surface area contributed by atoms with Gasteiger partial charge in [0.1, 0.15) is 17.5 Å². The summed E-state index contributed by atoms with van der Waals surface area (Å²) in [4.78, 5) is 0. The molecule has 1 aromatic rings. The average molecular weight is 346 g/mol. The van der Waals surface area contributed by atoms with Crippen molar-refractivity contribution in [3.05, 3.63) is 35.1 Å². The number of benzene rings is 1. The summed E-state index contributed by atoms with van der Waals surface area (Å²) >= 11 is 0. The molecule has 0 saturated heterocycles. The number of unbranched alkanes of at least 4 members (excludes halogenated alkanes) is 5. The highest BCUT2D eigenvalue weighted by Gasteiger charge is 2.38. The molecule has 1 atom stereocenters. The zero-order valence-corrected chi connectivity index (χ0v) is 15.1. The summed E-state index contributed by atoms with van der Waals surface area (Å²) < 4.78 is 52.5. The fraction of sp³-hybridized carbons (Fsp3) is 0.684. The highest BCUT2D eigenvalue weighted by molar-refractivity contribution is 5.26. The van der Waals surface area contributed by atoms with Crippen molar-refractivity contribution in [3.63, 3.8) is 0 Å². The molecular formula is C19H29F3O2. The second-order valence-corrected chi connectivity index (χ2v) is 6.32. The van der Waals surface area contributed by atoms with Crippen molar-refractivity contribution < 1.29 is 22.6 Å². The van der Waals surface area contributed by atoms with Crippen LogP contribution in [0.2, 0.25) is 0 Å². The number of methoxy groups -OCH3 is 2. The summed E-state index contributed by atoms with van der Waals surface area (Å²) in [6, 6.07) is 1.41. The monoisotopic (exact) mass is 346 g/mol. The topological polar surface area (TPSA) is 18.5 Å². The minimum absolute atomic E-state index is 0.170. The smallest absolute Gasteiger partial charge is 0.171 e. The molecule has 0 aliphatic rings. The van der Waals surface area contributed by atoms with E-state index in [0.29, 0.717) is 18.6 Å². The van der Waals surface area contributed by atoms with Gasteiger partial charge >= 0.3 is 0 Å². The van der Waals surface area contributed by atoms with Crippen LogP contribution in [0.15, 0.2) is 12.1 Å². The van der Waals surface area contributed by atoms with Crippen molar-refractivity contribution in [2.45, 2.75) is 70.5 Å². The van der Waals surface area contributed by atoms with Crippen LogP contribution in [0.5, 0.6) is 0 Å². The first-order valence-electron chi connectivity index (χ1n) is 8.64. The fourth-order valence-corrected chi connectivity index (χ4v) is 3.05. The highest BCUT2D eigenvalue weighted by Crippen LogP contribution is 2.39. The summed E-state index contributed by atoms with van der Waals surface area (Å²) in [5, 5.41) is 0. The maximum absolute atomic E-state index is 14.2. The summed E-state index contributed by atoms with van der Waals surface area (Å²) in [5.41, 5.74) is -0.170. The van der Waals surface area contributed by atoms with Crippen LogP contribution < -0.4 is 0 Å². The van der Waals surface area contributed by atoms with E-state index >= 15 is 0 Å². The van der Waals surface area contributed by atoms with E-state index in [2.05, 4.69) is 6.92 Å². The van der Waals surface area contributed by atoms with Crippen LogP contribution in [-0.4, -0.2) is 20.0 Å². The van der Waals surface area contributed by atoms with Crippen LogP contribution in [0.4, 0.5) is 13.2 Å². The maximum atomic E-state index is 14.2. The third-order valence-electron chi connectivity index (χ3n) is 4.68. The van der Waals surface area contributed by atoms with Gasteiger partial charge in [-0.15, -0.1) is 0 Å². The molecule has 0 aromatic heterocycles. The van der Waals surface area contributed by atoms with E-state index in [0.717, 1.165) is 25.7 Å². The van der Waals surface area contributed by atoms with Crippen molar-refractivity contribution in [1.82, 2.24) is 0 Å². The van der Waals surface area contributed by atoms with Crippen molar-refractivity contribution in [2.24, 2.45) is 0 Å². The Kier molecular flexibility index (Phi) is 8.78. The minimum atomic E-state index is -1.18. The normalized spacial score (nSPS) is 13.3. The second-order valence-electron chi connectivity index (χ2n) is 6.32. The molecule has 0 N–H and O–H groups in total. The largest absolute Gasteiger partial charge is 0.353 e. The van der Waals surface area contributed by atoms with Crippen LogP contribution in [0.25, 0.3) is 0 Å². The van der Waals surface area contributed by atoms with Gasteiger partial charge in [-0.25, -0.2) is 13.2 Å². The van der Waals surface area contributed by atoms with Crippen LogP contribution in [0, 0.1) is 17.5 Å². The summed E-state index contributed by atoms with van der Waals surface area (Å²) in [6.45, 7) is 3.80. The molecule has 5 heteroatoms. The molecule has 0 aliphatic carbocycles. The molecule has 1 aromatic carbocycles. The van der Waals surface area contributed by atoms with Gasteiger partial charge in [0.15, 0.2) is 5.79 Å². The fourth-order valence-electron chi connectivity index (χ4n) is 3.05. The van der Waals surface area contributed by atoms with Crippen LogP contribution in [-0.2, 0) is 9.47 Å². The van der Waals surface area contributed by atoms with Gasteiger partial charge in [-0.2, -0.15) is 0 Å². The molecule has 0 fully saturated rings. The van der Waals surface area contributed by atoms with E-state index in [1.807, 2.05) is 0 Å². The molecule has 138 valence electrons. The van der Waals surface area contributed by atoms with E-state index in [1.54, 1.807) is 6.92 Å². The van der Waals surface area contributed by atoms with Crippen molar-refractivity contribution >= 4 is 0 Å². The molecule has 0 amide bonds. The van der Waals surface area contributed by atoms with Gasteiger partial charge in [0.2, 0.25) is 0 Å². The third-order valence-corrected chi connectivity index (χ3v) is 4.68. The molecule has 0 bridgehead atoms. The van der Waals surface area contributed by atoms with Crippen molar-refractivity contribution in [3.8, 4) is 0 Å². The average Bonchev–Trinajstić information content (AvgIpc) is 2.54. The van der Waals surface area contributed by atoms with Gasteiger partial charge in [0.05, 0.1) is 0 Å². The molecule has 1 unspecified atom stereocenters. The molecule has 2 nitrogen and oxygen atoms in total. The molecule has 0 aliphatic heterocycles. The number of hydrogen-bond donors (Lipinski definition) is 0. The predicted molar refractivity (Wildman–Crippen MR) is 89.5 cm³/mol. The third kappa shape index (κ3) is 5.49. The summed E-state index contributed by atoms with van der Waals surface area (Å²) in [5.74, 6) is -4.56. The lowest BCUT2D eigenvalue weighted by atomic mass is 9.85. The van der Waals surface area contributed by atoms with E-state index in [1.165, 1.54) is 27.1 Å². The lowest BCUT2D eigenvalue weighted by molar-refractivity contribution is -0.211. The van der Waals surface area contributed by atoms with Crippen LogP contribution in [0.3, 0.4) is 0 Å². The van der Waals surface area contributed by atoms with Gasteiger partial charge in [-0.05, 0) is 13.3 Å². The van der Waals surface area contributed by atoms with E-state index in [4.69, 9.17) is 9.47 Å². The molecule has 0 heterocycles. The summed E-state index contributed by atoms with van der Waals surface area (Å²) in [7, 11) is 2.88. The lowest BCUT2D eigenvalue weighted by Crippen LogP contribution is -2.38. The standard InChI is InChI=1S/C19H29F3O2/c1-5-6-7-8-9-10-11-15(19(2,23-3)24-4)18-16(21)12-14(20)13-17(18)22/h12-13,15H,5-11H2,1-4H3. The Bertz CT molecular complexity index is 478. The Labute approximate surface area is 143 Å². The van der Waals surface area contributed by atoms with Gasteiger partial charge in [0, 0.05) is 37.8 Å².